The molecule has 1 fully saturated rings. The highest BCUT2D eigenvalue weighted by Crippen LogP contribution is 2.08. The van der Waals surface area contributed by atoms with Crippen molar-refractivity contribution in [1.29, 1.82) is 0 Å². The minimum absolute atomic E-state index is 0.0185. The number of nitrogens with zero attached hydrogens (tertiary/aromatic N) is 16. The molecule has 0 atom stereocenters. The molecule has 0 unspecified atom stereocenters. The molecule has 0 bridgehead atoms. The maximum absolute atomic E-state index is 11.1. The van der Waals surface area contributed by atoms with E-state index in [4.69, 9.17) is 21.7 Å². The highest BCUT2D eigenvalue weighted by molar-refractivity contribution is 7.71. The zero-order valence-electron chi connectivity index (χ0n) is 49.2. The summed E-state index contributed by atoms with van der Waals surface area (Å²) < 4.78 is 23.1. The van der Waals surface area contributed by atoms with Crippen LogP contribution in [-0.2, 0) is 65.9 Å². The van der Waals surface area contributed by atoms with Crippen LogP contribution in [-0.4, -0.2) is 96.4 Å². The summed E-state index contributed by atoms with van der Waals surface area (Å²) in [6.07, 6.45) is 18.9. The number of ether oxygens (including phenoxy) is 2. The number of rotatable bonds is 0. The molecule has 77 heavy (non-hydrogen) atoms. The van der Waals surface area contributed by atoms with Gasteiger partial charge in [-0.2, -0.15) is 10.2 Å². The molecule has 0 amide bonds. The predicted molar refractivity (Wildman–Crippen MR) is 306 cm³/mol. The van der Waals surface area contributed by atoms with Crippen LogP contribution >= 0.6 is 12.2 Å². The van der Waals surface area contributed by atoms with Gasteiger partial charge in [-0.15, -0.1) is 0 Å². The van der Waals surface area contributed by atoms with Crippen LogP contribution in [0.1, 0.15) is 78.5 Å². The first kappa shape index (κ1) is 69.4. The van der Waals surface area contributed by atoms with Crippen molar-refractivity contribution in [3.8, 4) is 0 Å². The fraction of sp³-hybridized carbons (Fsp3) is 0.463. The Hall–Kier alpha value is -7.63. The van der Waals surface area contributed by atoms with Crippen molar-refractivity contribution >= 4 is 12.2 Å². The number of aryl methyl sites for hydroxylation is 15. The molecule has 1 aliphatic rings. The van der Waals surface area contributed by atoms with Crippen molar-refractivity contribution in [2.45, 2.75) is 96.3 Å². The van der Waals surface area contributed by atoms with E-state index in [9.17, 15) is 19.2 Å². The monoisotopic (exact) mass is 1080 g/mol. The second kappa shape index (κ2) is 37.2. The molecule has 0 radical (unpaired) electrons. The second-order valence-corrected chi connectivity index (χ2v) is 17.8. The molecule has 9 heterocycles. The number of imidazole rings is 1. The summed E-state index contributed by atoms with van der Waals surface area (Å²) in [5.41, 5.74) is 6.53. The van der Waals surface area contributed by atoms with Gasteiger partial charge in [0.2, 0.25) is 0 Å². The van der Waals surface area contributed by atoms with Crippen LogP contribution in [0.15, 0.2) is 112 Å². The standard InChI is InChI=1S/C7H10N2O2.2C7H9N.C6H8N2O.C6H8N2.C6H12O2.C5H9N3O.C4H7N3S.C4H6N2.C2H6/c1-5-4-8(2)7(11)9(3)6(5)10;1-6-3-4-8-7(2)5-6;1-6-4-3-5-8-7(6)2;1-5-3-7-4-8(2)6(5)9;2*1-5-3-7-6(2)8-4-5;1-4-6-8(3)5(9)7(4)2;1-6-3-5-7(2)4(6)8;1-6-3-2-5-4-6;1-2/h4H,1-3H3;2*3-5H,1-2H3;3-4H,1-2H3;3-4H,1-2H3;5-6H,3-4H2,1-2H3;1-3H3;3H,1-2H3;2-4H,1H3;1-2H3. The molecule has 22 nitrogen and oxygen atoms in total. The van der Waals surface area contributed by atoms with E-state index in [1.807, 2.05) is 117 Å². The Morgan fingerprint density at radius 2 is 1.19 bits per heavy atom. The zero-order valence-corrected chi connectivity index (χ0v) is 50.1. The summed E-state index contributed by atoms with van der Waals surface area (Å²) in [4.78, 5) is 67.5. The summed E-state index contributed by atoms with van der Waals surface area (Å²) >= 11 is 4.89. The molecule has 0 aromatic carbocycles. The molecule has 422 valence electrons. The summed E-state index contributed by atoms with van der Waals surface area (Å²) in [6.45, 7) is 26.9. The van der Waals surface area contributed by atoms with Gasteiger partial charge in [-0.3, -0.25) is 28.7 Å². The first-order valence-electron chi connectivity index (χ1n) is 24.7. The fourth-order valence-corrected chi connectivity index (χ4v) is 5.61. The normalized spacial score (nSPS) is 12.5. The lowest BCUT2D eigenvalue weighted by atomic mass is 10.2. The number of aromatic nitrogens is 16. The van der Waals surface area contributed by atoms with E-state index in [2.05, 4.69) is 73.0 Å². The van der Waals surface area contributed by atoms with Crippen molar-refractivity contribution in [2.75, 3.05) is 13.2 Å². The third-order valence-corrected chi connectivity index (χ3v) is 10.8. The quantitative estimate of drug-likeness (QED) is 0.151. The van der Waals surface area contributed by atoms with Gasteiger partial charge in [0.15, 0.2) is 11.1 Å². The Labute approximate surface area is 458 Å². The summed E-state index contributed by atoms with van der Waals surface area (Å²) in [5.74, 6) is 2.14. The van der Waals surface area contributed by atoms with Gasteiger partial charge in [0.05, 0.1) is 25.9 Å². The Morgan fingerprint density at radius 3 is 1.52 bits per heavy atom. The molecule has 8 aromatic rings. The van der Waals surface area contributed by atoms with Gasteiger partial charge < -0.3 is 27.7 Å². The second-order valence-electron chi connectivity index (χ2n) is 17.5. The van der Waals surface area contributed by atoms with Gasteiger partial charge >= 0.3 is 11.4 Å². The highest BCUT2D eigenvalue weighted by Gasteiger charge is 2.13. The minimum atomic E-state index is -0.291. The third-order valence-electron chi connectivity index (χ3n) is 10.2. The third kappa shape index (κ3) is 28.2. The van der Waals surface area contributed by atoms with E-state index in [0.717, 1.165) is 51.2 Å². The highest BCUT2D eigenvalue weighted by atomic mass is 32.1. The molecule has 23 heteroatoms. The predicted octanol–water partition coefficient (Wildman–Crippen LogP) is 6.35. The molecule has 0 aliphatic carbocycles. The molecule has 8 aromatic heterocycles. The Balaban J connectivity index is 0.000000843. The largest absolute Gasteiger partial charge is 0.353 e. The van der Waals surface area contributed by atoms with Crippen LogP contribution in [0.25, 0.3) is 0 Å². The lowest BCUT2D eigenvalue weighted by Gasteiger charge is -2.24. The van der Waals surface area contributed by atoms with Gasteiger partial charge in [-0.25, -0.2) is 38.9 Å². The van der Waals surface area contributed by atoms with Crippen LogP contribution < -0.4 is 22.5 Å². The van der Waals surface area contributed by atoms with Crippen molar-refractivity contribution in [3.05, 3.63) is 190 Å². The number of hydrogen-bond acceptors (Lipinski definition) is 15. The number of pyridine rings is 2. The topological polar surface area (TPSA) is 229 Å². The minimum Gasteiger partial charge on any atom is -0.353 e. The van der Waals surface area contributed by atoms with Crippen molar-refractivity contribution < 1.29 is 9.47 Å². The van der Waals surface area contributed by atoms with Gasteiger partial charge in [-0.1, -0.05) is 26.8 Å². The van der Waals surface area contributed by atoms with Crippen LogP contribution in [0.2, 0.25) is 0 Å². The van der Waals surface area contributed by atoms with E-state index >= 15 is 0 Å². The average molecular weight is 1090 g/mol. The van der Waals surface area contributed by atoms with Crippen molar-refractivity contribution in [2.24, 2.45) is 62.3 Å². The smallest absolute Gasteiger partial charge is 0.345 e. The average Bonchev–Trinajstić information content (AvgIpc) is 4.07. The van der Waals surface area contributed by atoms with Gasteiger partial charge in [0.25, 0.3) is 11.1 Å². The molecule has 0 spiro atoms. The molecular weight excluding hydrogens is 1000 g/mol. The summed E-state index contributed by atoms with van der Waals surface area (Å²) in [5, 5.41) is 7.77. The molecular formula is C54H84N16O6S. The maximum Gasteiger partial charge on any atom is 0.345 e. The summed E-state index contributed by atoms with van der Waals surface area (Å²) in [6, 6.07) is 8.05. The van der Waals surface area contributed by atoms with Crippen molar-refractivity contribution in [1.82, 2.24) is 76.9 Å². The fourth-order valence-electron chi connectivity index (χ4n) is 5.51. The first-order valence-corrected chi connectivity index (χ1v) is 25.1. The molecule has 0 N–H and O–H groups in total. The van der Waals surface area contributed by atoms with Crippen LogP contribution in [0, 0.1) is 73.0 Å². The lowest BCUT2D eigenvalue weighted by molar-refractivity contribution is -0.187. The Morgan fingerprint density at radius 1 is 0.584 bits per heavy atom. The SMILES string of the molecule is CC.CC1COC(C)OC1.Cc1cccnc1C.Cc1ccnc(C)c1.Cc1cn(C)c(=O)n(C)c1=O.Cc1cnc(C)nc1.Cc1cncn(C)c1=O.Cc1nn(C)c(=O)n1C.Cn1ccnc1.Cn1cnn(C)c1=S. The Kier molecular flexibility index (Phi) is 33.5. The number of hydrogen-bond donors (Lipinski definition) is 0. The first-order chi connectivity index (χ1) is 36.2. The van der Waals surface area contributed by atoms with Gasteiger partial charge in [-0.05, 0) is 116 Å². The van der Waals surface area contributed by atoms with Crippen LogP contribution in [0.3, 0.4) is 0 Å². The van der Waals surface area contributed by atoms with Crippen LogP contribution in [0.4, 0.5) is 0 Å². The van der Waals surface area contributed by atoms with Crippen LogP contribution in [0.5, 0.6) is 0 Å². The molecule has 1 saturated heterocycles. The van der Waals surface area contributed by atoms with Gasteiger partial charge in [0.1, 0.15) is 18.0 Å². The van der Waals surface area contributed by atoms with E-state index in [1.54, 1.807) is 83.3 Å². The van der Waals surface area contributed by atoms with E-state index < -0.39 is 0 Å². The maximum atomic E-state index is 11.1. The van der Waals surface area contributed by atoms with E-state index in [-0.39, 0.29) is 28.8 Å². The zero-order chi connectivity index (χ0) is 58.9. The molecule has 9 rings (SSSR count). The summed E-state index contributed by atoms with van der Waals surface area (Å²) in [7, 11) is 13.7. The van der Waals surface area contributed by atoms with Gasteiger partial charge in [0, 0.05) is 134 Å². The molecule has 1 aliphatic heterocycles. The van der Waals surface area contributed by atoms with E-state index in [1.165, 1.54) is 49.1 Å². The van der Waals surface area contributed by atoms with Crippen molar-refractivity contribution in [3.63, 3.8) is 0 Å². The lowest BCUT2D eigenvalue weighted by Crippen LogP contribution is -2.37. The Bertz CT molecular complexity index is 3050. The molecule has 0 saturated carbocycles. The van der Waals surface area contributed by atoms with E-state index in [0.29, 0.717) is 17.0 Å².